The lowest BCUT2D eigenvalue weighted by Crippen LogP contribution is -2.57. The lowest BCUT2D eigenvalue weighted by molar-refractivity contribution is -0.144. The van der Waals surface area contributed by atoms with Crippen LogP contribution in [0.4, 0.5) is 0 Å². The first-order chi connectivity index (χ1) is 30.8. The van der Waals surface area contributed by atoms with Gasteiger partial charge in [-0.3, -0.25) is 43.2 Å². The molecule has 0 aliphatic carbocycles. The average molecular weight is 913 g/mol. The molecular weight excluding hydrogens is 849 g/mol. The van der Waals surface area contributed by atoms with Gasteiger partial charge in [-0.15, -0.1) is 0 Å². The van der Waals surface area contributed by atoms with Crippen LogP contribution in [0.2, 0.25) is 0 Å². The number of aliphatic carboxylic acids is 1. The minimum Gasteiger partial charge on any atom is -0.480 e. The number of nitrogens with one attached hydrogen (secondary N) is 8. The minimum absolute atomic E-state index is 0.0579. The van der Waals surface area contributed by atoms with Gasteiger partial charge in [0.2, 0.25) is 53.2 Å². The Balaban J connectivity index is 1.62. The quantitative estimate of drug-likeness (QED) is 0.0395. The number of primary amides is 1. The Kier molecular flexibility index (Phi) is 21.3. The molecule has 15 N–H and O–H groups in total. The van der Waals surface area contributed by atoms with Gasteiger partial charge in [0.05, 0.1) is 19.6 Å². The molecule has 0 unspecified atom stereocenters. The fraction of sp³-hybridized carbons (Fsp3) is 0.571. The van der Waals surface area contributed by atoms with Crippen molar-refractivity contribution in [3.63, 3.8) is 0 Å². The second kappa shape index (κ2) is 26.2. The Labute approximate surface area is 376 Å². The Hall–Kier alpha value is -6.62. The van der Waals surface area contributed by atoms with Gasteiger partial charge in [-0.1, -0.05) is 32.0 Å². The summed E-state index contributed by atoms with van der Waals surface area (Å²) in [6.07, 6.45) is 3.35. The van der Waals surface area contributed by atoms with Gasteiger partial charge >= 0.3 is 5.97 Å². The van der Waals surface area contributed by atoms with Crippen molar-refractivity contribution in [2.24, 2.45) is 23.1 Å². The molecule has 2 aromatic rings. The van der Waals surface area contributed by atoms with Gasteiger partial charge in [-0.25, -0.2) is 4.79 Å². The molecule has 0 radical (unpaired) electrons. The zero-order chi connectivity index (χ0) is 48.2. The molecule has 3 rings (SSSR count). The number of unbranched alkanes of at least 4 members (excludes halogenated alkanes) is 1. The number of amides is 9. The number of rotatable bonds is 27. The second-order valence-electron chi connectivity index (χ2n) is 16.3. The first-order valence-electron chi connectivity index (χ1n) is 21.7. The molecule has 1 saturated heterocycles. The van der Waals surface area contributed by atoms with Crippen molar-refractivity contribution in [1.82, 2.24) is 47.1 Å². The number of para-hydroxylation sites is 1. The molecule has 23 heteroatoms. The van der Waals surface area contributed by atoms with Crippen LogP contribution in [0.5, 0.6) is 0 Å². The molecule has 0 bridgehead atoms. The molecule has 358 valence electrons. The van der Waals surface area contributed by atoms with Crippen molar-refractivity contribution < 1.29 is 53.1 Å². The molecular formula is C42H64N12O11. The summed E-state index contributed by atoms with van der Waals surface area (Å²) in [5, 5.41) is 27.9. The number of benzene rings is 1. The molecule has 0 saturated carbocycles. The van der Waals surface area contributed by atoms with Crippen LogP contribution >= 0.6 is 0 Å². The minimum atomic E-state index is -1.30. The summed E-state index contributed by atoms with van der Waals surface area (Å²) in [6.45, 7) is 3.98. The Morgan fingerprint density at radius 2 is 1.45 bits per heavy atom. The Morgan fingerprint density at radius 3 is 2.11 bits per heavy atom. The lowest BCUT2D eigenvalue weighted by Gasteiger charge is -2.26. The topological polar surface area (TPSA) is 372 Å². The molecule has 1 aliphatic heterocycles. The third kappa shape index (κ3) is 17.1. The van der Waals surface area contributed by atoms with Crippen LogP contribution < -0.4 is 54.4 Å². The molecule has 1 aliphatic rings. The summed E-state index contributed by atoms with van der Waals surface area (Å²) in [6, 6.07) is 0.254. The monoisotopic (exact) mass is 912 g/mol. The molecule has 23 nitrogen and oxygen atoms in total. The molecule has 1 aromatic carbocycles. The number of carbonyl (C=O) groups is 10. The maximum Gasteiger partial charge on any atom is 0.326 e. The highest BCUT2D eigenvalue weighted by atomic mass is 16.4. The van der Waals surface area contributed by atoms with E-state index in [0.717, 1.165) is 10.9 Å². The van der Waals surface area contributed by atoms with Crippen LogP contribution in [-0.2, 0) is 54.4 Å². The highest BCUT2D eigenvalue weighted by molar-refractivity contribution is 5.97. The van der Waals surface area contributed by atoms with E-state index in [1.54, 1.807) is 26.1 Å². The van der Waals surface area contributed by atoms with E-state index in [9.17, 15) is 53.1 Å². The number of aromatic nitrogens is 1. The number of carboxylic acid groups (broad SMARTS) is 1. The van der Waals surface area contributed by atoms with Gasteiger partial charge in [0.15, 0.2) is 0 Å². The summed E-state index contributed by atoms with van der Waals surface area (Å²) in [7, 11) is 0. The summed E-state index contributed by atoms with van der Waals surface area (Å²) in [5.74, 6) is -7.77. The van der Waals surface area contributed by atoms with Crippen molar-refractivity contribution in [1.29, 1.82) is 0 Å². The van der Waals surface area contributed by atoms with Crippen LogP contribution in [-0.4, -0.2) is 143 Å². The van der Waals surface area contributed by atoms with E-state index in [1.807, 2.05) is 18.2 Å². The smallest absolute Gasteiger partial charge is 0.326 e. The van der Waals surface area contributed by atoms with E-state index in [0.29, 0.717) is 37.8 Å². The van der Waals surface area contributed by atoms with Gasteiger partial charge in [0, 0.05) is 36.5 Å². The van der Waals surface area contributed by atoms with Gasteiger partial charge in [-0.2, -0.15) is 0 Å². The summed E-state index contributed by atoms with van der Waals surface area (Å²) in [4.78, 5) is 133. The molecule has 0 spiro atoms. The van der Waals surface area contributed by atoms with E-state index >= 15 is 0 Å². The predicted molar refractivity (Wildman–Crippen MR) is 236 cm³/mol. The van der Waals surface area contributed by atoms with Gasteiger partial charge in [0.25, 0.3) is 0 Å². The molecule has 1 fully saturated rings. The average Bonchev–Trinajstić information content (AvgIpc) is 3.93. The first-order valence-corrected chi connectivity index (χ1v) is 21.7. The van der Waals surface area contributed by atoms with E-state index in [2.05, 4.69) is 42.2 Å². The van der Waals surface area contributed by atoms with Crippen LogP contribution in [0.15, 0.2) is 30.5 Å². The largest absolute Gasteiger partial charge is 0.480 e. The SMILES string of the molecule is CC(C)C[C@H](NC(=O)CNC(=O)[C@H](Cc1c[nH]c2ccccc12)NC(=O)[C@H](CCC(N)=O)NC(=O)CN)C(=O)N[C@@H](C)C(=O)NCC(=O)N1CCC[C@H]1C(=O)N[C@@H](CCCCN)C(=O)O. The predicted octanol–water partition coefficient (Wildman–Crippen LogP) is -3.14. The zero-order valence-electron chi connectivity index (χ0n) is 37.0. The Morgan fingerprint density at radius 1 is 0.769 bits per heavy atom. The fourth-order valence-corrected chi connectivity index (χ4v) is 7.20. The maximum absolute atomic E-state index is 13.7. The lowest BCUT2D eigenvalue weighted by atomic mass is 10.0. The number of nitrogens with zero attached hydrogens (tertiary/aromatic N) is 1. The standard InChI is InChI=1S/C42H64N12O11/c1-23(2)17-30(40(62)49-24(3)37(59)48-22-36(58)54-16-8-12-32(54)41(63)52-29(42(64)65)11-6-7-15-43)51-35(57)21-47-38(60)31(18-25-20-46-27-10-5-4-9-26(25)27)53-39(61)28(13-14-33(45)55)50-34(56)19-44/h4-5,9-10,20,23-24,28-32,46H,6-8,11-19,21-22,43-44H2,1-3H3,(H2,45,55)(H,47,60)(H,48,59)(H,49,62)(H,50,56)(H,51,57)(H,52,63)(H,53,61)(H,64,65)/t24-,28-,29-,30-,31-,32-/m0/s1. The van der Waals surface area contributed by atoms with Gasteiger partial charge < -0.3 is 69.4 Å². The number of hydrogen-bond acceptors (Lipinski definition) is 12. The summed E-state index contributed by atoms with van der Waals surface area (Å²) >= 11 is 0. The third-order valence-electron chi connectivity index (χ3n) is 10.6. The number of carboxylic acids is 1. The van der Waals surface area contributed by atoms with Crippen molar-refractivity contribution in [2.45, 2.75) is 115 Å². The highest BCUT2D eigenvalue weighted by Gasteiger charge is 2.36. The number of H-pyrrole nitrogens is 1. The van der Waals surface area contributed by atoms with E-state index < -0.39 is 115 Å². The zero-order valence-corrected chi connectivity index (χ0v) is 37.0. The Bertz CT molecular complexity index is 2020. The number of fused-ring (bicyclic) bond motifs is 1. The van der Waals surface area contributed by atoms with Crippen molar-refractivity contribution in [3.8, 4) is 0 Å². The summed E-state index contributed by atoms with van der Waals surface area (Å²) < 4.78 is 0. The van der Waals surface area contributed by atoms with Gasteiger partial charge in [0.1, 0.15) is 36.3 Å². The van der Waals surface area contributed by atoms with Crippen LogP contribution in [0, 0.1) is 5.92 Å². The second-order valence-corrected chi connectivity index (χ2v) is 16.3. The first kappa shape index (κ1) is 52.7. The van der Waals surface area contributed by atoms with Crippen molar-refractivity contribution in [2.75, 3.05) is 32.7 Å². The normalized spacial score (nSPS) is 15.7. The van der Waals surface area contributed by atoms with Crippen LogP contribution in [0.3, 0.4) is 0 Å². The van der Waals surface area contributed by atoms with E-state index in [-0.39, 0.29) is 44.6 Å². The number of aromatic amines is 1. The number of likely N-dealkylation sites (tertiary alicyclic amines) is 1. The number of nitrogens with two attached hydrogens (primary N) is 3. The maximum atomic E-state index is 13.7. The van der Waals surface area contributed by atoms with E-state index in [1.165, 1.54) is 11.8 Å². The molecule has 6 atom stereocenters. The van der Waals surface area contributed by atoms with Crippen LogP contribution in [0.25, 0.3) is 10.9 Å². The molecule has 2 heterocycles. The number of hydrogen-bond donors (Lipinski definition) is 12. The highest BCUT2D eigenvalue weighted by Crippen LogP contribution is 2.20. The molecule has 1 aromatic heterocycles. The van der Waals surface area contributed by atoms with Crippen molar-refractivity contribution >= 4 is 70.0 Å². The van der Waals surface area contributed by atoms with Gasteiger partial charge in [-0.05, 0) is 76.0 Å². The number of carbonyl (C=O) groups excluding carboxylic acids is 9. The van der Waals surface area contributed by atoms with Crippen molar-refractivity contribution in [3.05, 3.63) is 36.0 Å². The molecule has 65 heavy (non-hydrogen) atoms. The molecule has 9 amide bonds. The third-order valence-corrected chi connectivity index (χ3v) is 10.6. The summed E-state index contributed by atoms with van der Waals surface area (Å²) in [5.41, 5.74) is 17.6. The fourth-order valence-electron chi connectivity index (χ4n) is 7.20. The van der Waals surface area contributed by atoms with E-state index in [4.69, 9.17) is 17.2 Å². The van der Waals surface area contributed by atoms with Crippen LogP contribution in [0.1, 0.15) is 77.7 Å².